The van der Waals surface area contributed by atoms with E-state index in [0.717, 1.165) is 44.3 Å². The van der Waals surface area contributed by atoms with Crippen molar-refractivity contribution < 1.29 is 19.1 Å². The first-order valence-corrected chi connectivity index (χ1v) is 10.9. The van der Waals surface area contributed by atoms with E-state index in [0.29, 0.717) is 24.8 Å². The summed E-state index contributed by atoms with van der Waals surface area (Å²) in [5.41, 5.74) is 0. The van der Waals surface area contributed by atoms with E-state index < -0.39 is 0 Å². The number of rotatable bonds is 13. The molecular formula is C18H32N4O4S. The van der Waals surface area contributed by atoms with Gasteiger partial charge in [0.1, 0.15) is 6.61 Å². The van der Waals surface area contributed by atoms with E-state index in [1.165, 1.54) is 7.11 Å². The van der Waals surface area contributed by atoms with E-state index in [2.05, 4.69) is 21.3 Å². The van der Waals surface area contributed by atoms with Gasteiger partial charge in [-0.2, -0.15) is 11.8 Å². The largest absolute Gasteiger partial charge is 0.375 e. The van der Waals surface area contributed by atoms with Crippen molar-refractivity contribution >= 4 is 29.6 Å². The molecule has 0 aromatic heterocycles. The van der Waals surface area contributed by atoms with Crippen LogP contribution < -0.4 is 21.3 Å². The summed E-state index contributed by atoms with van der Waals surface area (Å²) in [6.07, 6.45) is 6.27. The Morgan fingerprint density at radius 3 is 2.56 bits per heavy atom. The number of amides is 4. The number of unbranched alkanes of at least 4 members (excludes halogenated alkanes) is 3. The highest BCUT2D eigenvalue weighted by Crippen LogP contribution is 2.33. The lowest BCUT2D eigenvalue weighted by atomic mass is 10.0. The average molecular weight is 401 g/mol. The molecule has 4 amide bonds. The van der Waals surface area contributed by atoms with Crippen LogP contribution in [0.2, 0.25) is 0 Å². The van der Waals surface area contributed by atoms with Gasteiger partial charge in [0.25, 0.3) is 0 Å². The normalized spacial score (nSPS) is 23.4. The number of nitrogens with one attached hydrogen (secondary N) is 4. The maximum Gasteiger partial charge on any atom is 0.315 e. The molecule has 0 aliphatic carbocycles. The summed E-state index contributed by atoms with van der Waals surface area (Å²) in [5, 5.41) is 12.1. The lowest BCUT2D eigenvalue weighted by Crippen LogP contribution is -2.36. The van der Waals surface area contributed by atoms with Crippen LogP contribution in [-0.4, -0.2) is 67.7 Å². The fraction of sp³-hybridized carbons (Fsp3) is 0.833. The molecule has 27 heavy (non-hydrogen) atoms. The minimum absolute atomic E-state index is 0.0490. The van der Waals surface area contributed by atoms with Gasteiger partial charge in [-0.05, 0) is 32.1 Å². The standard InChI is InChI=1S/C18H32N4O4S/c1-26-11-16(24)20-10-6-2-5-9-19-15(23)8-4-3-7-14-17-13(12-27-14)21-18(25)22-17/h13-14,17H,2-12H2,1H3,(H,19,23)(H,20,24)(H2,21,22,25)/t13-,14-,17-/m0/s1. The molecular weight excluding hydrogens is 368 g/mol. The van der Waals surface area contributed by atoms with E-state index in [4.69, 9.17) is 4.74 Å². The fourth-order valence-corrected chi connectivity index (χ4v) is 4.97. The van der Waals surface area contributed by atoms with Gasteiger partial charge in [0, 0.05) is 37.6 Å². The highest BCUT2D eigenvalue weighted by molar-refractivity contribution is 8.00. The molecule has 0 unspecified atom stereocenters. The Kier molecular flexibility index (Phi) is 9.75. The molecule has 2 rings (SSSR count). The molecule has 4 N–H and O–H groups in total. The van der Waals surface area contributed by atoms with Crippen LogP contribution in [0.5, 0.6) is 0 Å². The number of carbonyl (C=O) groups is 3. The average Bonchev–Trinajstić information content (AvgIpc) is 3.17. The third-order valence-corrected chi connectivity index (χ3v) is 6.36. The number of fused-ring (bicyclic) bond motifs is 1. The highest BCUT2D eigenvalue weighted by atomic mass is 32.2. The number of methoxy groups -OCH3 is 1. The zero-order valence-electron chi connectivity index (χ0n) is 16.1. The second-order valence-corrected chi connectivity index (χ2v) is 8.33. The summed E-state index contributed by atoms with van der Waals surface area (Å²) >= 11 is 1.91. The Bertz CT molecular complexity index is 506. The molecule has 2 aliphatic heterocycles. The number of carbonyl (C=O) groups excluding carboxylic acids is 3. The van der Waals surface area contributed by atoms with E-state index in [1.807, 2.05) is 11.8 Å². The molecule has 2 heterocycles. The van der Waals surface area contributed by atoms with Gasteiger partial charge in [0.05, 0.1) is 12.1 Å². The van der Waals surface area contributed by atoms with Crippen molar-refractivity contribution in [3.63, 3.8) is 0 Å². The number of ether oxygens (including phenoxy) is 1. The van der Waals surface area contributed by atoms with Gasteiger partial charge in [-0.25, -0.2) is 4.79 Å². The van der Waals surface area contributed by atoms with Crippen molar-refractivity contribution in [1.29, 1.82) is 0 Å². The van der Waals surface area contributed by atoms with Crippen LogP contribution in [0.25, 0.3) is 0 Å². The monoisotopic (exact) mass is 400 g/mol. The minimum atomic E-state index is -0.0936. The predicted octanol–water partition coefficient (Wildman–Crippen LogP) is 0.761. The maximum absolute atomic E-state index is 11.9. The van der Waals surface area contributed by atoms with Crippen molar-refractivity contribution in [2.45, 2.75) is 62.3 Å². The van der Waals surface area contributed by atoms with E-state index in [1.54, 1.807) is 0 Å². The van der Waals surface area contributed by atoms with Gasteiger partial charge in [0.15, 0.2) is 0 Å². The van der Waals surface area contributed by atoms with Gasteiger partial charge < -0.3 is 26.0 Å². The number of thioether (sulfide) groups is 1. The van der Waals surface area contributed by atoms with E-state index in [9.17, 15) is 14.4 Å². The van der Waals surface area contributed by atoms with Crippen LogP contribution in [0.4, 0.5) is 4.79 Å². The number of hydrogen-bond donors (Lipinski definition) is 4. The number of urea groups is 1. The molecule has 9 heteroatoms. The molecule has 2 fully saturated rings. The van der Waals surface area contributed by atoms with Gasteiger partial charge in [-0.15, -0.1) is 0 Å². The lowest BCUT2D eigenvalue weighted by molar-refractivity contribution is -0.124. The second kappa shape index (κ2) is 12.1. The van der Waals surface area contributed by atoms with Crippen molar-refractivity contribution in [2.75, 3.05) is 32.6 Å². The van der Waals surface area contributed by atoms with Crippen LogP contribution in [-0.2, 0) is 14.3 Å². The van der Waals surface area contributed by atoms with Gasteiger partial charge in [-0.3, -0.25) is 9.59 Å². The molecule has 0 saturated carbocycles. The second-order valence-electron chi connectivity index (χ2n) is 7.06. The highest BCUT2D eigenvalue weighted by Gasteiger charge is 2.42. The summed E-state index contributed by atoms with van der Waals surface area (Å²) in [4.78, 5) is 34.4. The Labute approximate surface area is 165 Å². The van der Waals surface area contributed by atoms with E-state index in [-0.39, 0.29) is 36.5 Å². The maximum atomic E-state index is 11.9. The molecule has 0 aromatic rings. The Morgan fingerprint density at radius 2 is 1.81 bits per heavy atom. The number of hydrogen-bond acceptors (Lipinski definition) is 5. The Morgan fingerprint density at radius 1 is 1.07 bits per heavy atom. The summed E-state index contributed by atoms with van der Waals surface area (Å²) in [6, 6.07) is 0.465. The van der Waals surface area contributed by atoms with Crippen LogP contribution >= 0.6 is 11.8 Å². The van der Waals surface area contributed by atoms with Crippen molar-refractivity contribution in [3.8, 4) is 0 Å². The van der Waals surface area contributed by atoms with Crippen molar-refractivity contribution in [2.24, 2.45) is 0 Å². The fourth-order valence-electron chi connectivity index (χ4n) is 3.43. The molecule has 154 valence electrons. The summed E-state index contributed by atoms with van der Waals surface area (Å²) < 4.78 is 4.74. The minimum Gasteiger partial charge on any atom is -0.375 e. The molecule has 0 aromatic carbocycles. The molecule has 0 spiro atoms. The third-order valence-electron chi connectivity index (χ3n) is 4.85. The first-order chi connectivity index (χ1) is 13.1. The molecule has 2 aliphatic rings. The third kappa shape index (κ3) is 7.96. The molecule has 0 bridgehead atoms. The molecule has 8 nitrogen and oxygen atoms in total. The topological polar surface area (TPSA) is 109 Å². The Hall–Kier alpha value is -1.48. The summed E-state index contributed by atoms with van der Waals surface area (Å²) in [5.74, 6) is 0.991. The summed E-state index contributed by atoms with van der Waals surface area (Å²) in [6.45, 7) is 1.43. The molecule has 3 atom stereocenters. The van der Waals surface area contributed by atoms with Crippen LogP contribution in [0.3, 0.4) is 0 Å². The zero-order valence-corrected chi connectivity index (χ0v) is 16.9. The van der Waals surface area contributed by atoms with E-state index >= 15 is 0 Å². The molecule has 0 radical (unpaired) electrons. The van der Waals surface area contributed by atoms with Crippen molar-refractivity contribution in [3.05, 3.63) is 0 Å². The smallest absolute Gasteiger partial charge is 0.315 e. The Balaban J connectivity index is 1.40. The van der Waals surface area contributed by atoms with Crippen LogP contribution in [0.1, 0.15) is 44.9 Å². The first kappa shape index (κ1) is 21.8. The lowest BCUT2D eigenvalue weighted by Gasteiger charge is -2.16. The molecule has 2 saturated heterocycles. The van der Waals surface area contributed by atoms with Gasteiger partial charge in [-0.1, -0.05) is 6.42 Å². The van der Waals surface area contributed by atoms with Gasteiger partial charge in [0.2, 0.25) is 11.8 Å². The SMILES string of the molecule is COCC(=O)NCCCCCNC(=O)CCCC[C@@H]1SC[C@@H]2NC(=O)N[C@@H]21. The van der Waals surface area contributed by atoms with Crippen LogP contribution in [0, 0.1) is 0 Å². The van der Waals surface area contributed by atoms with Gasteiger partial charge >= 0.3 is 6.03 Å². The van der Waals surface area contributed by atoms with Crippen molar-refractivity contribution in [1.82, 2.24) is 21.3 Å². The quantitative estimate of drug-likeness (QED) is 0.270. The van der Waals surface area contributed by atoms with Crippen LogP contribution in [0.15, 0.2) is 0 Å². The predicted molar refractivity (Wildman–Crippen MR) is 106 cm³/mol. The first-order valence-electron chi connectivity index (χ1n) is 9.81. The summed E-state index contributed by atoms with van der Waals surface area (Å²) in [7, 11) is 1.50. The zero-order chi connectivity index (χ0) is 19.5.